The van der Waals surface area contributed by atoms with Crippen LogP contribution in [0.4, 0.5) is 0 Å². The molecule has 0 aromatic heterocycles. The van der Waals surface area contributed by atoms with Gasteiger partial charge < -0.3 is 19.3 Å². The Morgan fingerprint density at radius 2 is 1.78 bits per heavy atom. The minimum atomic E-state index is -1.12. The zero-order valence-corrected chi connectivity index (χ0v) is 11.2. The molecule has 0 bridgehead atoms. The fraction of sp³-hybridized carbons (Fsp3) is 0.667. The fourth-order valence-corrected chi connectivity index (χ4v) is 1.41. The van der Waals surface area contributed by atoms with E-state index in [0.717, 1.165) is 0 Å². The molecule has 0 atom stereocenters. The van der Waals surface area contributed by atoms with E-state index in [4.69, 9.17) is 19.3 Å². The zero-order valence-electron chi connectivity index (χ0n) is 11.2. The van der Waals surface area contributed by atoms with E-state index in [1.54, 1.807) is 13.8 Å². The molecule has 0 aliphatic heterocycles. The van der Waals surface area contributed by atoms with Crippen molar-refractivity contribution in [1.29, 1.82) is 0 Å². The number of methoxy groups -OCH3 is 2. The second-order valence-electron chi connectivity index (χ2n) is 4.54. The van der Waals surface area contributed by atoms with Crippen LogP contribution in [0.5, 0.6) is 0 Å². The van der Waals surface area contributed by atoms with Gasteiger partial charge in [-0.15, -0.1) is 0 Å². The summed E-state index contributed by atoms with van der Waals surface area (Å²) in [5.74, 6) is -1.85. The third kappa shape index (κ3) is 5.29. The molecule has 104 valence electrons. The van der Waals surface area contributed by atoms with Crippen LogP contribution in [0.2, 0.25) is 0 Å². The number of carbonyl (C=O) groups is 2. The molecule has 0 fully saturated rings. The van der Waals surface area contributed by atoms with Crippen LogP contribution >= 0.6 is 0 Å². The van der Waals surface area contributed by atoms with Crippen molar-refractivity contribution in [2.45, 2.75) is 26.6 Å². The second kappa shape index (κ2) is 7.13. The van der Waals surface area contributed by atoms with Gasteiger partial charge in [-0.05, 0) is 0 Å². The first-order valence-corrected chi connectivity index (χ1v) is 5.37. The van der Waals surface area contributed by atoms with Gasteiger partial charge >= 0.3 is 11.9 Å². The highest BCUT2D eigenvalue weighted by molar-refractivity contribution is 5.92. The van der Waals surface area contributed by atoms with E-state index in [-0.39, 0.29) is 12.2 Å². The molecule has 0 spiro atoms. The molecule has 18 heavy (non-hydrogen) atoms. The lowest BCUT2D eigenvalue weighted by Gasteiger charge is -2.31. The van der Waals surface area contributed by atoms with E-state index < -0.39 is 30.1 Å². The van der Waals surface area contributed by atoms with Crippen molar-refractivity contribution < 1.29 is 28.9 Å². The van der Waals surface area contributed by atoms with Crippen molar-refractivity contribution >= 4 is 11.9 Å². The first kappa shape index (κ1) is 16.6. The molecule has 0 saturated heterocycles. The number of hydrogen-bond donors (Lipinski definition) is 1. The molecule has 0 amide bonds. The lowest BCUT2D eigenvalue weighted by atomic mass is 9.94. The van der Waals surface area contributed by atoms with E-state index >= 15 is 0 Å². The van der Waals surface area contributed by atoms with Gasteiger partial charge in [0, 0.05) is 25.2 Å². The monoisotopic (exact) mass is 260 g/mol. The number of hydrogen-bond acceptors (Lipinski definition) is 5. The summed E-state index contributed by atoms with van der Waals surface area (Å²) in [7, 11) is 2.97. The molecule has 0 heterocycles. The van der Waals surface area contributed by atoms with Crippen molar-refractivity contribution in [2.75, 3.05) is 20.8 Å². The Balaban J connectivity index is 4.35. The normalized spacial score (nSPS) is 11.4. The molecule has 0 rings (SSSR count). The van der Waals surface area contributed by atoms with E-state index in [0.29, 0.717) is 0 Å². The highest BCUT2D eigenvalue weighted by atomic mass is 16.7. The smallest absolute Gasteiger partial charge is 0.334 e. The van der Waals surface area contributed by atoms with Gasteiger partial charge in [-0.1, -0.05) is 20.4 Å². The summed E-state index contributed by atoms with van der Waals surface area (Å²) < 4.78 is 15.2. The lowest BCUT2D eigenvalue weighted by molar-refractivity contribution is -0.186. The second-order valence-corrected chi connectivity index (χ2v) is 4.54. The van der Waals surface area contributed by atoms with Gasteiger partial charge in [0.25, 0.3) is 0 Å². The van der Waals surface area contributed by atoms with E-state index in [2.05, 4.69) is 6.58 Å². The molecule has 0 unspecified atom stereocenters. The maximum absolute atomic E-state index is 11.5. The van der Waals surface area contributed by atoms with Gasteiger partial charge in [0.2, 0.25) is 0 Å². The Hall–Kier alpha value is -1.40. The Morgan fingerprint density at radius 1 is 1.28 bits per heavy atom. The lowest BCUT2D eigenvalue weighted by Crippen LogP contribution is -2.37. The summed E-state index contributed by atoms with van der Waals surface area (Å²) in [4.78, 5) is 21.9. The number of carboxylic acid groups (broad SMARTS) is 1. The summed E-state index contributed by atoms with van der Waals surface area (Å²) in [5.41, 5.74) is -0.646. The SMILES string of the molecule is C=C(CC(=O)O)C(=O)OCC(C)(C)C(OC)OC. The number of ether oxygens (including phenoxy) is 3. The molecule has 6 heteroatoms. The van der Waals surface area contributed by atoms with Crippen molar-refractivity contribution in [3.8, 4) is 0 Å². The van der Waals surface area contributed by atoms with Crippen LogP contribution in [0.25, 0.3) is 0 Å². The Bertz CT molecular complexity index is 317. The standard InChI is InChI=1S/C12H20O6/c1-8(6-9(13)14)10(15)18-7-12(2,3)11(16-4)17-5/h11H,1,6-7H2,2-5H3,(H,13,14). The average Bonchev–Trinajstić information content (AvgIpc) is 2.26. The summed E-state index contributed by atoms with van der Waals surface area (Å²) in [6.07, 6.45) is -0.963. The average molecular weight is 260 g/mol. The summed E-state index contributed by atoms with van der Waals surface area (Å²) in [6.45, 7) is 7.01. The minimum Gasteiger partial charge on any atom is -0.481 e. The highest BCUT2D eigenvalue weighted by Gasteiger charge is 2.31. The first-order chi connectivity index (χ1) is 8.24. The molecular formula is C12H20O6. The molecule has 0 saturated carbocycles. The van der Waals surface area contributed by atoms with Gasteiger partial charge in [-0.3, -0.25) is 4.79 Å². The fourth-order valence-electron chi connectivity index (χ4n) is 1.41. The van der Waals surface area contributed by atoms with Crippen LogP contribution < -0.4 is 0 Å². The maximum atomic E-state index is 11.5. The number of rotatable bonds is 8. The number of carboxylic acids is 1. The largest absolute Gasteiger partial charge is 0.481 e. The summed E-state index contributed by atoms with van der Waals surface area (Å²) in [6, 6.07) is 0. The van der Waals surface area contributed by atoms with Crippen molar-refractivity contribution in [3.63, 3.8) is 0 Å². The molecule has 0 aliphatic rings. The van der Waals surface area contributed by atoms with Gasteiger partial charge in [-0.2, -0.15) is 0 Å². The quantitative estimate of drug-likeness (QED) is 0.401. The number of carbonyl (C=O) groups excluding carboxylic acids is 1. The van der Waals surface area contributed by atoms with Crippen LogP contribution in [-0.2, 0) is 23.8 Å². The molecule has 0 aromatic rings. The molecular weight excluding hydrogens is 240 g/mol. The van der Waals surface area contributed by atoms with Crippen LogP contribution in [0.3, 0.4) is 0 Å². The van der Waals surface area contributed by atoms with Gasteiger partial charge in [-0.25, -0.2) is 4.79 Å². The van der Waals surface area contributed by atoms with Crippen molar-refractivity contribution in [1.82, 2.24) is 0 Å². The molecule has 0 aliphatic carbocycles. The van der Waals surface area contributed by atoms with Crippen molar-refractivity contribution in [3.05, 3.63) is 12.2 Å². The van der Waals surface area contributed by atoms with Crippen LogP contribution in [0, 0.1) is 5.41 Å². The summed E-state index contributed by atoms with van der Waals surface area (Å²) >= 11 is 0. The Morgan fingerprint density at radius 3 is 2.17 bits per heavy atom. The highest BCUT2D eigenvalue weighted by Crippen LogP contribution is 2.24. The zero-order chi connectivity index (χ0) is 14.3. The van der Waals surface area contributed by atoms with Crippen LogP contribution in [0.1, 0.15) is 20.3 Å². The maximum Gasteiger partial charge on any atom is 0.334 e. The predicted molar refractivity (Wildman–Crippen MR) is 63.9 cm³/mol. The van der Waals surface area contributed by atoms with E-state index in [9.17, 15) is 9.59 Å². The Kier molecular flexibility index (Phi) is 6.57. The van der Waals surface area contributed by atoms with Crippen LogP contribution in [0.15, 0.2) is 12.2 Å². The molecule has 0 radical (unpaired) electrons. The number of esters is 1. The topological polar surface area (TPSA) is 82.1 Å². The van der Waals surface area contributed by atoms with E-state index in [1.165, 1.54) is 14.2 Å². The Labute approximate surface area is 107 Å². The van der Waals surface area contributed by atoms with Gasteiger partial charge in [0.1, 0.15) is 6.61 Å². The minimum absolute atomic E-state index is 0.0385. The third-order valence-corrected chi connectivity index (χ3v) is 2.29. The number of aliphatic carboxylic acids is 1. The van der Waals surface area contributed by atoms with Gasteiger partial charge in [0.15, 0.2) is 6.29 Å². The molecule has 6 nitrogen and oxygen atoms in total. The predicted octanol–water partition coefficient (Wildman–Crippen LogP) is 1.21. The molecule has 0 aromatic carbocycles. The van der Waals surface area contributed by atoms with Crippen LogP contribution in [-0.4, -0.2) is 44.2 Å². The van der Waals surface area contributed by atoms with Gasteiger partial charge in [0.05, 0.1) is 6.42 Å². The first-order valence-electron chi connectivity index (χ1n) is 5.37. The third-order valence-electron chi connectivity index (χ3n) is 2.29. The van der Waals surface area contributed by atoms with Crippen molar-refractivity contribution in [2.24, 2.45) is 5.41 Å². The summed E-state index contributed by atoms with van der Waals surface area (Å²) in [5, 5.41) is 8.52. The molecule has 1 N–H and O–H groups in total. The van der Waals surface area contributed by atoms with E-state index in [1.807, 2.05) is 0 Å².